The molecule has 0 bridgehead atoms. The lowest BCUT2D eigenvalue weighted by atomic mass is 10.1. The zero-order valence-corrected chi connectivity index (χ0v) is 11.1. The van der Waals surface area contributed by atoms with E-state index in [0.717, 1.165) is 12.3 Å². The summed E-state index contributed by atoms with van der Waals surface area (Å²) in [6, 6.07) is 7.06. The maximum absolute atomic E-state index is 5.93. The summed E-state index contributed by atoms with van der Waals surface area (Å²) in [7, 11) is 0. The molecule has 1 aromatic carbocycles. The van der Waals surface area contributed by atoms with Crippen molar-refractivity contribution >= 4 is 0 Å². The van der Waals surface area contributed by atoms with Crippen LogP contribution >= 0.6 is 0 Å². The summed E-state index contributed by atoms with van der Waals surface area (Å²) in [6.45, 7) is 7.32. The summed E-state index contributed by atoms with van der Waals surface area (Å²) in [5, 5.41) is 3.39. The van der Waals surface area contributed by atoms with Crippen LogP contribution in [0, 0.1) is 0 Å². The van der Waals surface area contributed by atoms with E-state index in [2.05, 4.69) is 44.3 Å². The minimum atomic E-state index is 0.219. The van der Waals surface area contributed by atoms with E-state index in [1.54, 1.807) is 0 Å². The molecule has 0 fully saturated rings. The van der Waals surface area contributed by atoms with Crippen molar-refractivity contribution in [2.24, 2.45) is 0 Å². The molecule has 2 nitrogen and oxygen atoms in total. The predicted octanol–water partition coefficient (Wildman–Crippen LogP) is 2.94. The van der Waals surface area contributed by atoms with Crippen LogP contribution in [0.5, 0.6) is 5.75 Å². The first-order chi connectivity index (χ1) is 8.15. The second kappa shape index (κ2) is 5.54. The van der Waals surface area contributed by atoms with Gasteiger partial charge in [-0.05, 0) is 49.4 Å². The molecule has 1 aromatic rings. The minimum Gasteiger partial charge on any atom is -0.489 e. The van der Waals surface area contributed by atoms with Crippen molar-refractivity contribution in [1.82, 2.24) is 5.32 Å². The molecular formula is C15H23NO. The third-order valence-corrected chi connectivity index (χ3v) is 3.22. The van der Waals surface area contributed by atoms with Gasteiger partial charge in [-0.3, -0.25) is 0 Å². The summed E-state index contributed by atoms with van der Waals surface area (Å²) >= 11 is 0. The van der Waals surface area contributed by atoms with E-state index in [0.29, 0.717) is 6.04 Å². The van der Waals surface area contributed by atoms with Gasteiger partial charge in [-0.1, -0.05) is 19.9 Å². The summed E-state index contributed by atoms with van der Waals surface area (Å²) in [5.41, 5.74) is 2.98. The topological polar surface area (TPSA) is 21.3 Å². The Morgan fingerprint density at radius 2 is 1.94 bits per heavy atom. The molecule has 0 radical (unpaired) electrons. The second-order valence-corrected chi connectivity index (χ2v) is 5.28. The molecule has 0 aromatic heterocycles. The van der Waals surface area contributed by atoms with E-state index in [9.17, 15) is 0 Å². The highest BCUT2D eigenvalue weighted by Crippen LogP contribution is 2.26. The van der Waals surface area contributed by atoms with Crippen molar-refractivity contribution in [3.63, 3.8) is 0 Å². The molecule has 17 heavy (non-hydrogen) atoms. The normalized spacial score (nSPS) is 16.0. The fraction of sp³-hybridized carbons (Fsp3) is 0.600. The van der Waals surface area contributed by atoms with E-state index < -0.39 is 0 Å². The van der Waals surface area contributed by atoms with E-state index in [4.69, 9.17) is 4.74 Å². The van der Waals surface area contributed by atoms with Crippen LogP contribution in [0.15, 0.2) is 18.2 Å². The third kappa shape index (κ3) is 3.47. The average molecular weight is 233 g/mol. The Labute approximate surface area is 104 Å². The molecule has 1 aliphatic carbocycles. The molecule has 0 heterocycles. The molecule has 2 heteroatoms. The largest absolute Gasteiger partial charge is 0.489 e. The smallest absolute Gasteiger partial charge is 0.120 e. The number of ether oxygens (including phenoxy) is 1. The molecule has 0 aliphatic heterocycles. The Kier molecular flexibility index (Phi) is 4.06. The lowest BCUT2D eigenvalue weighted by Gasteiger charge is -2.17. The molecular weight excluding hydrogens is 210 g/mol. The maximum Gasteiger partial charge on any atom is 0.120 e. The van der Waals surface area contributed by atoms with Crippen LogP contribution in [0.2, 0.25) is 0 Å². The van der Waals surface area contributed by atoms with Gasteiger partial charge in [-0.25, -0.2) is 0 Å². The van der Waals surface area contributed by atoms with E-state index >= 15 is 0 Å². The van der Waals surface area contributed by atoms with Crippen LogP contribution in [0.3, 0.4) is 0 Å². The molecule has 1 unspecified atom stereocenters. The summed E-state index contributed by atoms with van der Waals surface area (Å²) in [6.07, 6.45) is 3.96. The molecule has 1 aliphatic rings. The fourth-order valence-electron chi connectivity index (χ4n) is 2.30. The number of benzene rings is 1. The Bertz CT molecular complexity index is 373. The predicted molar refractivity (Wildman–Crippen MR) is 71.7 cm³/mol. The third-order valence-electron chi connectivity index (χ3n) is 3.22. The van der Waals surface area contributed by atoms with Crippen LogP contribution in [0.1, 0.15) is 38.3 Å². The Balaban J connectivity index is 1.90. The van der Waals surface area contributed by atoms with Crippen molar-refractivity contribution in [2.75, 3.05) is 6.54 Å². The first-order valence-corrected chi connectivity index (χ1v) is 6.67. The van der Waals surface area contributed by atoms with Gasteiger partial charge in [0.05, 0.1) is 0 Å². The number of nitrogens with one attached hydrogen (secondary N) is 1. The molecule has 0 saturated heterocycles. The Morgan fingerprint density at radius 1 is 1.18 bits per heavy atom. The van der Waals surface area contributed by atoms with Gasteiger partial charge in [0, 0.05) is 12.6 Å². The Morgan fingerprint density at radius 3 is 2.71 bits per heavy atom. The molecule has 1 N–H and O–H groups in total. The highest BCUT2D eigenvalue weighted by molar-refractivity contribution is 5.38. The van der Waals surface area contributed by atoms with Crippen LogP contribution in [-0.4, -0.2) is 18.7 Å². The van der Waals surface area contributed by atoms with E-state index in [1.807, 2.05) is 0 Å². The van der Waals surface area contributed by atoms with Gasteiger partial charge in [0.25, 0.3) is 0 Å². The van der Waals surface area contributed by atoms with Crippen molar-refractivity contribution in [3.8, 4) is 5.75 Å². The van der Waals surface area contributed by atoms with Gasteiger partial charge in [0.15, 0.2) is 0 Å². The average Bonchev–Trinajstić information content (AvgIpc) is 2.73. The lowest BCUT2D eigenvalue weighted by molar-refractivity contribution is 0.213. The standard InChI is InChI=1S/C15H23NO/c1-11(2)16-10-12(3)17-15-8-7-13-5-4-6-14(13)9-15/h7-9,11-12,16H,4-6,10H2,1-3H3. The monoisotopic (exact) mass is 233 g/mol. The van der Waals surface area contributed by atoms with Crippen LogP contribution in [-0.2, 0) is 12.8 Å². The summed E-state index contributed by atoms with van der Waals surface area (Å²) in [5.74, 6) is 1.02. The van der Waals surface area contributed by atoms with Crippen molar-refractivity contribution < 1.29 is 4.74 Å². The number of hydrogen-bond acceptors (Lipinski definition) is 2. The summed E-state index contributed by atoms with van der Waals surface area (Å²) in [4.78, 5) is 0. The van der Waals surface area contributed by atoms with E-state index in [-0.39, 0.29) is 6.10 Å². The highest BCUT2D eigenvalue weighted by Gasteiger charge is 2.12. The molecule has 0 spiro atoms. The van der Waals surface area contributed by atoms with Crippen LogP contribution in [0.25, 0.3) is 0 Å². The number of fused-ring (bicyclic) bond motifs is 1. The SMILES string of the molecule is CC(C)NCC(C)Oc1ccc2c(c1)CCC2. The minimum absolute atomic E-state index is 0.219. The number of aryl methyl sites for hydroxylation is 2. The fourth-order valence-corrected chi connectivity index (χ4v) is 2.30. The molecule has 0 saturated carbocycles. The van der Waals surface area contributed by atoms with E-state index in [1.165, 1.54) is 30.4 Å². The van der Waals surface area contributed by atoms with Gasteiger partial charge in [-0.15, -0.1) is 0 Å². The Hall–Kier alpha value is -1.02. The molecule has 2 rings (SSSR count). The molecule has 0 amide bonds. The van der Waals surface area contributed by atoms with Crippen LogP contribution < -0.4 is 10.1 Å². The van der Waals surface area contributed by atoms with Gasteiger partial charge < -0.3 is 10.1 Å². The quantitative estimate of drug-likeness (QED) is 0.844. The number of rotatable bonds is 5. The summed E-state index contributed by atoms with van der Waals surface area (Å²) < 4.78 is 5.93. The van der Waals surface area contributed by atoms with Gasteiger partial charge in [-0.2, -0.15) is 0 Å². The number of hydrogen-bond donors (Lipinski definition) is 1. The maximum atomic E-state index is 5.93. The van der Waals surface area contributed by atoms with Gasteiger partial charge in [0.2, 0.25) is 0 Å². The van der Waals surface area contributed by atoms with Crippen LogP contribution in [0.4, 0.5) is 0 Å². The molecule has 1 atom stereocenters. The second-order valence-electron chi connectivity index (χ2n) is 5.28. The highest BCUT2D eigenvalue weighted by atomic mass is 16.5. The van der Waals surface area contributed by atoms with Crippen molar-refractivity contribution in [1.29, 1.82) is 0 Å². The van der Waals surface area contributed by atoms with Crippen molar-refractivity contribution in [2.45, 2.75) is 52.2 Å². The van der Waals surface area contributed by atoms with Gasteiger partial charge >= 0.3 is 0 Å². The lowest BCUT2D eigenvalue weighted by Crippen LogP contribution is -2.33. The van der Waals surface area contributed by atoms with Gasteiger partial charge in [0.1, 0.15) is 11.9 Å². The first-order valence-electron chi connectivity index (χ1n) is 6.67. The zero-order valence-electron chi connectivity index (χ0n) is 11.1. The zero-order chi connectivity index (χ0) is 12.3. The van der Waals surface area contributed by atoms with Crippen molar-refractivity contribution in [3.05, 3.63) is 29.3 Å². The first kappa shape index (κ1) is 12.4. The molecule has 94 valence electrons.